The topological polar surface area (TPSA) is 68.0 Å². The van der Waals surface area contributed by atoms with E-state index in [1.807, 2.05) is 19.9 Å². The Kier molecular flexibility index (Phi) is 4.24. The van der Waals surface area contributed by atoms with Crippen molar-refractivity contribution in [1.29, 1.82) is 0 Å². The average Bonchev–Trinajstić information content (AvgIpc) is 2.18. The van der Waals surface area contributed by atoms with Crippen LogP contribution in [-0.4, -0.2) is 16.9 Å². The minimum atomic E-state index is -0.466. The van der Waals surface area contributed by atoms with E-state index in [0.29, 0.717) is 18.2 Å². The highest BCUT2D eigenvalue weighted by Gasteiger charge is 2.14. The molecule has 1 aromatic heterocycles. The van der Waals surface area contributed by atoms with Gasteiger partial charge in [0, 0.05) is 6.20 Å². The molecule has 1 aromatic rings. The normalized spacial score (nSPS) is 12.5. The summed E-state index contributed by atoms with van der Waals surface area (Å²) in [4.78, 5) is 15.6. The molecular weight excluding hydrogens is 190 g/mol. The van der Waals surface area contributed by atoms with Gasteiger partial charge in [-0.05, 0) is 24.5 Å². The maximum atomic E-state index is 11.6. The molecule has 0 aromatic carbocycles. The van der Waals surface area contributed by atoms with Crippen molar-refractivity contribution in [2.75, 3.05) is 5.32 Å². The van der Waals surface area contributed by atoms with Crippen LogP contribution in [0.1, 0.15) is 20.3 Å². The predicted molar refractivity (Wildman–Crippen MR) is 60.3 cm³/mol. The Bertz CT molecular complexity index is 311. The highest BCUT2D eigenvalue weighted by Crippen LogP contribution is 2.06. The molecule has 0 spiro atoms. The van der Waals surface area contributed by atoms with Gasteiger partial charge in [0.15, 0.2) is 0 Å². The summed E-state index contributed by atoms with van der Waals surface area (Å²) in [5.74, 6) is 0.776. The number of aromatic nitrogens is 1. The van der Waals surface area contributed by atoms with Crippen LogP contribution in [0, 0.1) is 5.92 Å². The Balaban J connectivity index is 2.49. The number of amides is 1. The molecule has 1 amide bonds. The molecule has 15 heavy (non-hydrogen) atoms. The number of nitrogens with zero attached hydrogens (tertiary/aromatic N) is 1. The molecule has 82 valence electrons. The van der Waals surface area contributed by atoms with E-state index in [4.69, 9.17) is 5.73 Å². The third kappa shape index (κ3) is 4.08. The van der Waals surface area contributed by atoms with Gasteiger partial charge in [0.25, 0.3) is 0 Å². The summed E-state index contributed by atoms with van der Waals surface area (Å²) in [7, 11) is 0. The fourth-order valence-corrected chi connectivity index (χ4v) is 1.27. The summed E-state index contributed by atoms with van der Waals surface area (Å²) < 4.78 is 0. The van der Waals surface area contributed by atoms with Gasteiger partial charge in [-0.15, -0.1) is 0 Å². The maximum absolute atomic E-state index is 11.6. The summed E-state index contributed by atoms with van der Waals surface area (Å²) in [6.07, 6.45) is 2.31. The molecule has 4 heteroatoms. The number of pyridine rings is 1. The summed E-state index contributed by atoms with van der Waals surface area (Å²) in [6.45, 7) is 4.07. The Morgan fingerprint density at radius 3 is 2.80 bits per heavy atom. The van der Waals surface area contributed by atoms with Crippen LogP contribution in [0.5, 0.6) is 0 Å². The summed E-state index contributed by atoms with van der Waals surface area (Å²) in [6, 6.07) is 4.88. The number of rotatable bonds is 4. The van der Waals surface area contributed by atoms with Gasteiger partial charge in [0.1, 0.15) is 5.82 Å². The van der Waals surface area contributed by atoms with Crippen molar-refractivity contribution < 1.29 is 4.79 Å². The first kappa shape index (κ1) is 11.7. The van der Waals surface area contributed by atoms with Crippen LogP contribution in [0.15, 0.2) is 24.4 Å². The number of carbonyl (C=O) groups is 1. The fourth-order valence-electron chi connectivity index (χ4n) is 1.27. The minimum Gasteiger partial charge on any atom is -0.320 e. The average molecular weight is 207 g/mol. The monoisotopic (exact) mass is 207 g/mol. The van der Waals surface area contributed by atoms with E-state index in [-0.39, 0.29) is 5.91 Å². The van der Waals surface area contributed by atoms with Gasteiger partial charge in [0.05, 0.1) is 6.04 Å². The Hall–Kier alpha value is -1.42. The summed E-state index contributed by atoms with van der Waals surface area (Å²) in [5, 5.41) is 2.67. The van der Waals surface area contributed by atoms with E-state index in [1.54, 1.807) is 18.3 Å². The van der Waals surface area contributed by atoms with Crippen molar-refractivity contribution in [3.8, 4) is 0 Å². The van der Waals surface area contributed by atoms with Crippen molar-refractivity contribution in [1.82, 2.24) is 4.98 Å². The zero-order valence-corrected chi connectivity index (χ0v) is 9.10. The van der Waals surface area contributed by atoms with Gasteiger partial charge in [-0.2, -0.15) is 0 Å². The van der Waals surface area contributed by atoms with Crippen LogP contribution in [0.25, 0.3) is 0 Å². The molecule has 0 aliphatic carbocycles. The second kappa shape index (κ2) is 5.46. The van der Waals surface area contributed by atoms with Crippen molar-refractivity contribution in [3.63, 3.8) is 0 Å². The highest BCUT2D eigenvalue weighted by molar-refractivity contribution is 5.93. The van der Waals surface area contributed by atoms with Crippen LogP contribution in [0.3, 0.4) is 0 Å². The lowest BCUT2D eigenvalue weighted by atomic mass is 10.0. The van der Waals surface area contributed by atoms with Gasteiger partial charge in [0.2, 0.25) is 5.91 Å². The zero-order valence-electron chi connectivity index (χ0n) is 9.10. The molecule has 1 heterocycles. The largest absolute Gasteiger partial charge is 0.320 e. The van der Waals surface area contributed by atoms with Gasteiger partial charge < -0.3 is 11.1 Å². The Morgan fingerprint density at radius 2 is 2.27 bits per heavy atom. The van der Waals surface area contributed by atoms with Crippen molar-refractivity contribution in [2.24, 2.45) is 11.7 Å². The van der Waals surface area contributed by atoms with E-state index in [0.717, 1.165) is 0 Å². The molecule has 0 saturated carbocycles. The third-order valence-electron chi connectivity index (χ3n) is 1.98. The van der Waals surface area contributed by atoms with E-state index in [9.17, 15) is 4.79 Å². The Morgan fingerprint density at radius 1 is 1.53 bits per heavy atom. The van der Waals surface area contributed by atoms with E-state index in [2.05, 4.69) is 10.3 Å². The van der Waals surface area contributed by atoms with E-state index >= 15 is 0 Å². The SMILES string of the molecule is CC(C)CC(N)C(=O)Nc1ccccn1. The number of hydrogen-bond acceptors (Lipinski definition) is 3. The fraction of sp³-hybridized carbons (Fsp3) is 0.455. The molecule has 1 rings (SSSR count). The zero-order chi connectivity index (χ0) is 11.3. The molecule has 0 radical (unpaired) electrons. The van der Waals surface area contributed by atoms with Crippen molar-refractivity contribution >= 4 is 11.7 Å². The minimum absolute atomic E-state index is 0.178. The number of hydrogen-bond donors (Lipinski definition) is 2. The maximum Gasteiger partial charge on any atom is 0.242 e. The van der Waals surface area contributed by atoms with E-state index < -0.39 is 6.04 Å². The lowest BCUT2D eigenvalue weighted by Crippen LogP contribution is -2.36. The second-order valence-corrected chi connectivity index (χ2v) is 3.94. The number of nitrogens with one attached hydrogen (secondary N) is 1. The molecule has 0 bridgehead atoms. The Labute approximate surface area is 89.9 Å². The lowest BCUT2D eigenvalue weighted by Gasteiger charge is -2.13. The first-order chi connectivity index (χ1) is 7.09. The lowest BCUT2D eigenvalue weighted by molar-refractivity contribution is -0.117. The van der Waals surface area contributed by atoms with Gasteiger partial charge in [-0.3, -0.25) is 4.79 Å². The standard InChI is InChI=1S/C11H17N3O/c1-8(2)7-9(12)11(15)14-10-5-3-4-6-13-10/h3-6,8-9H,7,12H2,1-2H3,(H,13,14,15). The predicted octanol–water partition coefficient (Wildman–Crippen LogP) is 1.39. The van der Waals surface area contributed by atoms with Crippen molar-refractivity contribution in [3.05, 3.63) is 24.4 Å². The molecule has 1 unspecified atom stereocenters. The van der Waals surface area contributed by atoms with Crippen molar-refractivity contribution in [2.45, 2.75) is 26.3 Å². The van der Waals surface area contributed by atoms with Gasteiger partial charge in [-0.25, -0.2) is 4.98 Å². The molecule has 1 atom stereocenters. The van der Waals surface area contributed by atoms with Crippen LogP contribution >= 0.6 is 0 Å². The molecule has 0 saturated heterocycles. The molecular formula is C11H17N3O. The number of carbonyl (C=O) groups excluding carboxylic acids is 1. The molecule has 0 aliphatic heterocycles. The van der Waals surface area contributed by atoms with Gasteiger partial charge in [-0.1, -0.05) is 19.9 Å². The molecule has 0 fully saturated rings. The molecule has 0 aliphatic rings. The van der Waals surface area contributed by atoms with E-state index in [1.165, 1.54) is 0 Å². The number of anilines is 1. The molecule has 3 N–H and O–H groups in total. The van der Waals surface area contributed by atoms with Gasteiger partial charge >= 0.3 is 0 Å². The summed E-state index contributed by atoms with van der Waals surface area (Å²) >= 11 is 0. The third-order valence-corrected chi connectivity index (χ3v) is 1.98. The van der Waals surface area contributed by atoms with Crippen LogP contribution in [0.2, 0.25) is 0 Å². The highest BCUT2D eigenvalue weighted by atomic mass is 16.2. The quantitative estimate of drug-likeness (QED) is 0.784. The first-order valence-corrected chi connectivity index (χ1v) is 5.07. The smallest absolute Gasteiger partial charge is 0.242 e. The first-order valence-electron chi connectivity index (χ1n) is 5.07. The molecule has 4 nitrogen and oxygen atoms in total. The second-order valence-electron chi connectivity index (χ2n) is 3.94. The van der Waals surface area contributed by atoms with Crippen LogP contribution < -0.4 is 11.1 Å². The van der Waals surface area contributed by atoms with Crippen LogP contribution in [0.4, 0.5) is 5.82 Å². The van der Waals surface area contributed by atoms with Crippen LogP contribution in [-0.2, 0) is 4.79 Å². The summed E-state index contributed by atoms with van der Waals surface area (Å²) in [5.41, 5.74) is 5.73. The number of nitrogens with two attached hydrogens (primary N) is 1.